The molecule has 2 heterocycles. The molecule has 0 radical (unpaired) electrons. The summed E-state index contributed by atoms with van der Waals surface area (Å²) in [4.78, 5) is 25.3. The highest BCUT2D eigenvalue weighted by Gasteiger charge is 2.28. The predicted octanol–water partition coefficient (Wildman–Crippen LogP) is 3.29. The molecule has 6 nitrogen and oxygen atoms in total. The number of hydrogen-bond donors (Lipinski definition) is 1. The number of para-hydroxylation sites is 1. The van der Waals surface area contributed by atoms with Gasteiger partial charge in [-0.05, 0) is 19.1 Å². The number of carbonyl (C=O) groups is 1. The third-order valence-corrected chi connectivity index (χ3v) is 4.05. The fourth-order valence-corrected chi connectivity index (χ4v) is 2.78. The Kier molecular flexibility index (Phi) is 4.76. The molecule has 1 aliphatic heterocycles. The first kappa shape index (κ1) is 16.4. The minimum Gasteiger partial charge on any atom is -0.488 e. The normalized spacial score (nSPS) is 16.9. The molecular formula is C17H17ClN2O4. The molecule has 2 aromatic rings. The Balaban J connectivity index is 1.59. The summed E-state index contributed by atoms with van der Waals surface area (Å²) < 4.78 is 10.7. The van der Waals surface area contributed by atoms with E-state index in [0.29, 0.717) is 41.7 Å². The molecule has 0 saturated carbocycles. The van der Waals surface area contributed by atoms with Crippen molar-refractivity contribution in [2.75, 3.05) is 18.4 Å². The second-order valence-corrected chi connectivity index (χ2v) is 6.01. The first-order valence-electron chi connectivity index (χ1n) is 7.60. The van der Waals surface area contributed by atoms with Gasteiger partial charge in [-0.3, -0.25) is 0 Å². The van der Waals surface area contributed by atoms with Crippen molar-refractivity contribution in [3.8, 4) is 5.75 Å². The Labute approximate surface area is 144 Å². The van der Waals surface area contributed by atoms with Crippen molar-refractivity contribution in [2.45, 2.75) is 19.4 Å². The molecule has 3 rings (SSSR count). The molecule has 0 bridgehead atoms. The summed E-state index contributed by atoms with van der Waals surface area (Å²) in [5.41, 5.74) is 0.126. The quantitative estimate of drug-likeness (QED) is 0.923. The summed E-state index contributed by atoms with van der Waals surface area (Å²) in [6.07, 6.45) is 0.526. The topological polar surface area (TPSA) is 71.8 Å². The number of benzene rings is 1. The molecule has 1 N–H and O–H groups in total. The largest absolute Gasteiger partial charge is 0.488 e. The number of rotatable bonds is 3. The number of carbonyl (C=O) groups excluding carboxylic acids is 1. The number of urea groups is 1. The lowest BCUT2D eigenvalue weighted by Gasteiger charge is -2.18. The maximum absolute atomic E-state index is 12.3. The van der Waals surface area contributed by atoms with Crippen LogP contribution in [0.5, 0.6) is 5.75 Å². The Morgan fingerprint density at radius 2 is 2.17 bits per heavy atom. The zero-order chi connectivity index (χ0) is 17.1. The average molecular weight is 349 g/mol. The maximum atomic E-state index is 12.3. The second-order valence-electron chi connectivity index (χ2n) is 5.61. The number of nitrogens with zero attached hydrogens (tertiary/aromatic N) is 1. The van der Waals surface area contributed by atoms with Gasteiger partial charge in [0.15, 0.2) is 0 Å². The van der Waals surface area contributed by atoms with Gasteiger partial charge < -0.3 is 19.4 Å². The van der Waals surface area contributed by atoms with E-state index in [9.17, 15) is 9.59 Å². The van der Waals surface area contributed by atoms with Gasteiger partial charge in [0.1, 0.15) is 17.6 Å². The van der Waals surface area contributed by atoms with Crippen LogP contribution in [0.25, 0.3) is 0 Å². The Morgan fingerprint density at radius 1 is 1.38 bits per heavy atom. The van der Waals surface area contributed by atoms with E-state index in [2.05, 4.69) is 5.32 Å². The zero-order valence-corrected chi connectivity index (χ0v) is 13.9. The van der Waals surface area contributed by atoms with Crippen LogP contribution in [-0.4, -0.2) is 30.1 Å². The van der Waals surface area contributed by atoms with E-state index in [1.807, 2.05) is 0 Å². The van der Waals surface area contributed by atoms with E-state index in [1.54, 1.807) is 42.2 Å². The smallest absolute Gasteiger partial charge is 0.339 e. The molecule has 24 heavy (non-hydrogen) atoms. The zero-order valence-electron chi connectivity index (χ0n) is 13.1. The van der Waals surface area contributed by atoms with Crippen LogP contribution in [0, 0.1) is 6.92 Å². The summed E-state index contributed by atoms with van der Waals surface area (Å²) in [5, 5.41) is 3.28. The van der Waals surface area contributed by atoms with Gasteiger partial charge in [-0.1, -0.05) is 23.7 Å². The van der Waals surface area contributed by atoms with Crippen LogP contribution >= 0.6 is 11.6 Å². The van der Waals surface area contributed by atoms with Crippen molar-refractivity contribution >= 4 is 23.3 Å². The molecule has 1 saturated heterocycles. The van der Waals surface area contributed by atoms with Crippen molar-refractivity contribution in [2.24, 2.45) is 0 Å². The molecule has 1 aromatic heterocycles. The van der Waals surface area contributed by atoms with E-state index in [1.165, 1.54) is 6.07 Å². The number of ether oxygens (including phenoxy) is 1. The highest BCUT2D eigenvalue weighted by molar-refractivity contribution is 6.33. The third-order valence-electron chi connectivity index (χ3n) is 3.72. The average Bonchev–Trinajstić information content (AvgIpc) is 2.97. The molecule has 1 aromatic carbocycles. The van der Waals surface area contributed by atoms with Crippen LogP contribution < -0.4 is 15.7 Å². The minimum absolute atomic E-state index is 0.164. The molecule has 0 aliphatic carbocycles. The number of amides is 2. The van der Waals surface area contributed by atoms with Crippen LogP contribution in [0.4, 0.5) is 10.5 Å². The molecule has 0 spiro atoms. The molecule has 126 valence electrons. The number of hydrogen-bond acceptors (Lipinski definition) is 4. The van der Waals surface area contributed by atoms with Crippen molar-refractivity contribution in [3.05, 3.63) is 57.6 Å². The van der Waals surface area contributed by atoms with Crippen LogP contribution in [0.1, 0.15) is 12.2 Å². The van der Waals surface area contributed by atoms with Crippen LogP contribution in [0.15, 0.2) is 45.6 Å². The van der Waals surface area contributed by atoms with Crippen molar-refractivity contribution in [1.29, 1.82) is 0 Å². The molecule has 1 fully saturated rings. The third kappa shape index (κ3) is 3.89. The Morgan fingerprint density at radius 3 is 2.92 bits per heavy atom. The Hall–Kier alpha value is -2.47. The van der Waals surface area contributed by atoms with E-state index >= 15 is 0 Å². The van der Waals surface area contributed by atoms with Crippen molar-refractivity contribution < 1.29 is 13.9 Å². The molecule has 2 amide bonds. The van der Waals surface area contributed by atoms with Crippen LogP contribution in [-0.2, 0) is 0 Å². The van der Waals surface area contributed by atoms with Gasteiger partial charge in [-0.25, -0.2) is 9.59 Å². The van der Waals surface area contributed by atoms with Crippen molar-refractivity contribution in [3.63, 3.8) is 0 Å². The van der Waals surface area contributed by atoms with Gasteiger partial charge >= 0.3 is 11.7 Å². The summed E-state index contributed by atoms with van der Waals surface area (Å²) in [6.45, 7) is 2.70. The molecular weight excluding hydrogens is 332 g/mol. The van der Waals surface area contributed by atoms with E-state index in [0.717, 1.165) is 0 Å². The van der Waals surface area contributed by atoms with Gasteiger partial charge in [0.25, 0.3) is 0 Å². The number of halogens is 1. The standard InChI is InChI=1S/C17H17ClN2O4/c1-11-8-13(9-16(21)23-11)24-12-6-7-20(10-12)17(22)19-15-5-3-2-4-14(15)18/h2-5,8-9,12H,6-7,10H2,1H3,(H,19,22). The molecule has 1 unspecified atom stereocenters. The summed E-state index contributed by atoms with van der Waals surface area (Å²) in [5.74, 6) is 0.950. The monoisotopic (exact) mass is 348 g/mol. The van der Waals surface area contributed by atoms with Gasteiger partial charge in [-0.2, -0.15) is 0 Å². The fourth-order valence-electron chi connectivity index (χ4n) is 2.60. The number of likely N-dealkylation sites (tertiary alicyclic amines) is 1. The minimum atomic E-state index is -0.448. The van der Waals surface area contributed by atoms with Crippen LogP contribution in [0.3, 0.4) is 0 Å². The molecule has 1 aliphatic rings. The van der Waals surface area contributed by atoms with Gasteiger partial charge in [-0.15, -0.1) is 0 Å². The molecule has 7 heteroatoms. The lowest BCUT2D eigenvalue weighted by atomic mass is 10.3. The fraction of sp³-hybridized carbons (Fsp3) is 0.294. The second kappa shape index (κ2) is 6.97. The lowest BCUT2D eigenvalue weighted by molar-refractivity contribution is 0.193. The summed E-state index contributed by atoms with van der Waals surface area (Å²) in [7, 11) is 0. The summed E-state index contributed by atoms with van der Waals surface area (Å²) >= 11 is 6.04. The molecule has 1 atom stereocenters. The number of aryl methyl sites for hydroxylation is 1. The number of anilines is 1. The van der Waals surface area contributed by atoms with Gasteiger partial charge in [0, 0.05) is 19.0 Å². The van der Waals surface area contributed by atoms with Gasteiger partial charge in [0.2, 0.25) is 0 Å². The predicted molar refractivity (Wildman–Crippen MR) is 90.8 cm³/mol. The number of nitrogens with one attached hydrogen (secondary N) is 1. The van der Waals surface area contributed by atoms with E-state index in [-0.39, 0.29) is 12.1 Å². The Bertz CT molecular complexity index is 805. The van der Waals surface area contributed by atoms with E-state index in [4.69, 9.17) is 20.8 Å². The first-order chi connectivity index (χ1) is 11.5. The highest BCUT2D eigenvalue weighted by Crippen LogP contribution is 2.23. The summed E-state index contributed by atoms with van der Waals surface area (Å²) in [6, 6.07) is 9.81. The lowest BCUT2D eigenvalue weighted by Crippen LogP contribution is -2.34. The van der Waals surface area contributed by atoms with Gasteiger partial charge in [0.05, 0.1) is 23.3 Å². The first-order valence-corrected chi connectivity index (χ1v) is 7.98. The SMILES string of the molecule is Cc1cc(OC2CCN(C(=O)Nc3ccccc3Cl)C2)cc(=O)o1. The highest BCUT2D eigenvalue weighted by atomic mass is 35.5. The van der Waals surface area contributed by atoms with Crippen molar-refractivity contribution in [1.82, 2.24) is 4.90 Å². The van der Waals surface area contributed by atoms with E-state index < -0.39 is 5.63 Å². The maximum Gasteiger partial charge on any atom is 0.339 e. The van der Waals surface area contributed by atoms with Crippen LogP contribution in [0.2, 0.25) is 5.02 Å².